The highest BCUT2D eigenvalue weighted by molar-refractivity contribution is 5.26. The maximum Gasteiger partial charge on any atom is 0.115 e. The fraction of sp³-hybridized carbons (Fsp3) is 0.455. The molecule has 0 amide bonds. The Morgan fingerprint density at radius 1 is 1.38 bits per heavy atom. The Labute approximate surface area is 78.8 Å². The Morgan fingerprint density at radius 3 is 2.54 bits per heavy atom. The molecule has 1 heterocycles. The van der Waals surface area contributed by atoms with E-state index in [1.165, 1.54) is 18.5 Å². The molecule has 0 bridgehead atoms. The zero-order valence-electron chi connectivity index (χ0n) is 7.90. The second-order valence-corrected chi connectivity index (χ2v) is 3.79. The summed E-state index contributed by atoms with van der Waals surface area (Å²) >= 11 is 0. The van der Waals surface area contributed by atoms with E-state index in [-0.39, 0.29) is 0 Å². The predicted molar refractivity (Wildman–Crippen MR) is 52.8 cm³/mol. The van der Waals surface area contributed by atoms with Gasteiger partial charge < -0.3 is 10.0 Å². The molecule has 0 aliphatic carbocycles. The van der Waals surface area contributed by atoms with Crippen molar-refractivity contribution in [2.24, 2.45) is 0 Å². The van der Waals surface area contributed by atoms with Crippen molar-refractivity contribution in [2.45, 2.75) is 18.9 Å². The van der Waals surface area contributed by atoms with Gasteiger partial charge in [-0.05, 0) is 44.1 Å². The van der Waals surface area contributed by atoms with Crippen LogP contribution in [0.25, 0.3) is 0 Å². The van der Waals surface area contributed by atoms with E-state index < -0.39 is 0 Å². The Bertz CT molecular complexity index is 281. The summed E-state index contributed by atoms with van der Waals surface area (Å²) < 4.78 is 0. The van der Waals surface area contributed by atoms with Gasteiger partial charge in [0.15, 0.2) is 0 Å². The summed E-state index contributed by atoms with van der Waals surface area (Å²) in [5, 5.41) is 9.10. The van der Waals surface area contributed by atoms with Crippen LogP contribution >= 0.6 is 0 Å². The SMILES string of the molecule is CN1CCC1Cc1ccc(O)cc1. The summed E-state index contributed by atoms with van der Waals surface area (Å²) in [4.78, 5) is 2.37. The van der Waals surface area contributed by atoms with Crippen molar-refractivity contribution in [1.29, 1.82) is 0 Å². The van der Waals surface area contributed by atoms with Crippen molar-refractivity contribution in [3.8, 4) is 5.75 Å². The Kier molecular flexibility index (Phi) is 2.23. The standard InChI is InChI=1S/C11H15NO/c1-12-7-6-10(12)8-9-2-4-11(13)5-3-9/h2-5,10,13H,6-8H2,1H3. The quantitative estimate of drug-likeness (QED) is 0.742. The third-order valence-corrected chi connectivity index (χ3v) is 2.85. The first kappa shape index (κ1) is 8.57. The van der Waals surface area contributed by atoms with Crippen LogP contribution in [0, 0.1) is 0 Å². The second kappa shape index (κ2) is 3.38. The number of aromatic hydroxyl groups is 1. The van der Waals surface area contributed by atoms with Gasteiger partial charge >= 0.3 is 0 Å². The number of likely N-dealkylation sites (tertiary alicyclic amines) is 1. The number of phenolic OH excluding ortho intramolecular Hbond substituents is 1. The number of rotatable bonds is 2. The minimum absolute atomic E-state index is 0.353. The van der Waals surface area contributed by atoms with E-state index in [0.29, 0.717) is 11.8 Å². The van der Waals surface area contributed by atoms with Crippen molar-refractivity contribution in [1.82, 2.24) is 4.90 Å². The lowest BCUT2D eigenvalue weighted by Crippen LogP contribution is -2.45. The molecule has 1 aliphatic rings. The van der Waals surface area contributed by atoms with Gasteiger partial charge in [0.1, 0.15) is 5.75 Å². The topological polar surface area (TPSA) is 23.5 Å². The summed E-state index contributed by atoms with van der Waals surface area (Å²) in [5.41, 5.74) is 1.31. The molecule has 1 aromatic carbocycles. The number of likely N-dealkylation sites (N-methyl/N-ethyl adjacent to an activating group) is 1. The van der Waals surface area contributed by atoms with Crippen molar-refractivity contribution < 1.29 is 5.11 Å². The minimum Gasteiger partial charge on any atom is -0.508 e. The smallest absolute Gasteiger partial charge is 0.115 e. The van der Waals surface area contributed by atoms with Crippen molar-refractivity contribution in [3.05, 3.63) is 29.8 Å². The van der Waals surface area contributed by atoms with E-state index in [0.717, 1.165) is 6.42 Å². The maximum atomic E-state index is 9.10. The van der Waals surface area contributed by atoms with Crippen LogP contribution in [-0.2, 0) is 6.42 Å². The van der Waals surface area contributed by atoms with E-state index in [1.54, 1.807) is 12.1 Å². The van der Waals surface area contributed by atoms with Crippen LogP contribution in [0.5, 0.6) is 5.75 Å². The van der Waals surface area contributed by atoms with Crippen LogP contribution in [0.15, 0.2) is 24.3 Å². The van der Waals surface area contributed by atoms with Crippen LogP contribution in [0.3, 0.4) is 0 Å². The predicted octanol–water partition coefficient (Wildman–Crippen LogP) is 1.64. The molecule has 0 aromatic heterocycles. The number of nitrogens with zero attached hydrogens (tertiary/aromatic N) is 1. The zero-order valence-corrected chi connectivity index (χ0v) is 7.90. The van der Waals surface area contributed by atoms with Gasteiger partial charge in [0, 0.05) is 6.04 Å². The molecule has 1 atom stereocenters. The number of benzene rings is 1. The molecule has 1 unspecified atom stereocenters. The van der Waals surface area contributed by atoms with Gasteiger partial charge in [0.05, 0.1) is 0 Å². The molecule has 0 saturated carbocycles. The highest BCUT2D eigenvalue weighted by atomic mass is 16.3. The fourth-order valence-electron chi connectivity index (χ4n) is 1.73. The van der Waals surface area contributed by atoms with Crippen LogP contribution < -0.4 is 0 Å². The zero-order chi connectivity index (χ0) is 9.26. The second-order valence-electron chi connectivity index (χ2n) is 3.79. The average molecular weight is 177 g/mol. The summed E-state index contributed by atoms with van der Waals surface area (Å²) in [6.45, 7) is 1.22. The lowest BCUT2D eigenvalue weighted by molar-refractivity contribution is 0.126. The van der Waals surface area contributed by atoms with Gasteiger partial charge in [-0.1, -0.05) is 12.1 Å². The molecule has 1 saturated heterocycles. The first-order chi connectivity index (χ1) is 6.25. The molecule has 2 rings (SSSR count). The van der Waals surface area contributed by atoms with Gasteiger partial charge in [-0.3, -0.25) is 0 Å². The molecule has 2 heteroatoms. The summed E-state index contributed by atoms with van der Waals surface area (Å²) in [5.74, 6) is 0.353. The minimum atomic E-state index is 0.353. The molecular weight excluding hydrogens is 162 g/mol. The lowest BCUT2D eigenvalue weighted by atomic mass is 9.96. The van der Waals surface area contributed by atoms with Crippen molar-refractivity contribution in [3.63, 3.8) is 0 Å². The van der Waals surface area contributed by atoms with Crippen LogP contribution in [0.4, 0.5) is 0 Å². The first-order valence-corrected chi connectivity index (χ1v) is 4.74. The highest BCUT2D eigenvalue weighted by Gasteiger charge is 2.23. The van der Waals surface area contributed by atoms with Gasteiger partial charge in [0.2, 0.25) is 0 Å². The largest absolute Gasteiger partial charge is 0.508 e. The molecule has 70 valence electrons. The average Bonchev–Trinajstić information content (AvgIpc) is 2.15. The molecular formula is C11H15NO. The fourth-order valence-corrected chi connectivity index (χ4v) is 1.73. The molecule has 1 aromatic rings. The monoisotopic (exact) mass is 177 g/mol. The van der Waals surface area contributed by atoms with E-state index in [1.807, 2.05) is 12.1 Å². The van der Waals surface area contributed by atoms with Gasteiger partial charge in [-0.15, -0.1) is 0 Å². The van der Waals surface area contributed by atoms with Crippen molar-refractivity contribution in [2.75, 3.05) is 13.6 Å². The molecule has 1 N–H and O–H groups in total. The highest BCUT2D eigenvalue weighted by Crippen LogP contribution is 2.20. The molecule has 0 spiro atoms. The van der Waals surface area contributed by atoms with Crippen molar-refractivity contribution >= 4 is 0 Å². The molecule has 1 fully saturated rings. The molecule has 13 heavy (non-hydrogen) atoms. The summed E-state index contributed by atoms with van der Waals surface area (Å²) in [6, 6.07) is 8.23. The van der Waals surface area contributed by atoms with Crippen LogP contribution in [0.1, 0.15) is 12.0 Å². The van der Waals surface area contributed by atoms with Crippen LogP contribution in [-0.4, -0.2) is 29.6 Å². The van der Waals surface area contributed by atoms with Gasteiger partial charge in [0.25, 0.3) is 0 Å². The number of hydrogen-bond donors (Lipinski definition) is 1. The van der Waals surface area contributed by atoms with E-state index in [9.17, 15) is 0 Å². The maximum absolute atomic E-state index is 9.10. The molecule has 2 nitrogen and oxygen atoms in total. The van der Waals surface area contributed by atoms with E-state index in [4.69, 9.17) is 5.11 Å². The van der Waals surface area contributed by atoms with E-state index in [2.05, 4.69) is 11.9 Å². The first-order valence-electron chi connectivity index (χ1n) is 4.74. The van der Waals surface area contributed by atoms with Gasteiger partial charge in [-0.25, -0.2) is 0 Å². The Morgan fingerprint density at radius 2 is 2.08 bits per heavy atom. The lowest BCUT2D eigenvalue weighted by Gasteiger charge is -2.38. The Hall–Kier alpha value is -1.02. The number of phenols is 1. The summed E-state index contributed by atoms with van der Waals surface area (Å²) in [6.07, 6.45) is 2.41. The third kappa shape index (κ3) is 1.83. The molecule has 0 radical (unpaired) electrons. The van der Waals surface area contributed by atoms with Gasteiger partial charge in [-0.2, -0.15) is 0 Å². The van der Waals surface area contributed by atoms with E-state index >= 15 is 0 Å². The molecule has 1 aliphatic heterocycles. The Balaban J connectivity index is 1.98. The third-order valence-electron chi connectivity index (χ3n) is 2.85. The normalized spacial score (nSPS) is 22.7. The summed E-state index contributed by atoms with van der Waals surface area (Å²) in [7, 11) is 2.16. The van der Waals surface area contributed by atoms with Crippen LogP contribution in [0.2, 0.25) is 0 Å². The number of hydrogen-bond acceptors (Lipinski definition) is 2.